The van der Waals surface area contributed by atoms with Crippen LogP contribution in [0.2, 0.25) is 0 Å². The van der Waals surface area contributed by atoms with Gasteiger partial charge in [0.05, 0.1) is 35.9 Å². The second-order valence-corrected chi connectivity index (χ2v) is 11.3. The van der Waals surface area contributed by atoms with Crippen molar-refractivity contribution in [3.63, 3.8) is 0 Å². The van der Waals surface area contributed by atoms with Gasteiger partial charge in [-0.15, -0.1) is 0 Å². The van der Waals surface area contributed by atoms with E-state index in [-0.39, 0.29) is 29.3 Å². The van der Waals surface area contributed by atoms with Gasteiger partial charge in [0.15, 0.2) is 0 Å². The van der Waals surface area contributed by atoms with Crippen LogP contribution in [0.3, 0.4) is 0 Å². The van der Waals surface area contributed by atoms with Crippen LogP contribution in [0.1, 0.15) is 95.1 Å². The smallest absolute Gasteiger partial charge is 0.341 e. The number of hydrogen-bond acceptors (Lipinski definition) is 6. The molecule has 0 spiro atoms. The Bertz CT molecular complexity index is 1620. The van der Waals surface area contributed by atoms with Gasteiger partial charge >= 0.3 is 5.97 Å². The molecule has 2 unspecified atom stereocenters. The number of halogens is 1. The number of methoxy groups -OCH3 is 1. The SMILES string of the molecule is CCC[C@@H]1CCCCN1C(=O)c1cccc(-c2cccc(-n3ncc(C(=O)OC)c3C3CC3c3cc(C)no3)c2)c1F. The van der Waals surface area contributed by atoms with Crippen molar-refractivity contribution < 1.29 is 23.2 Å². The molecule has 218 valence electrons. The predicted molar refractivity (Wildman–Crippen MR) is 155 cm³/mol. The highest BCUT2D eigenvalue weighted by atomic mass is 19.1. The monoisotopic (exact) mass is 570 g/mol. The van der Waals surface area contributed by atoms with Gasteiger partial charge in [-0.2, -0.15) is 5.10 Å². The largest absolute Gasteiger partial charge is 0.465 e. The molecule has 3 atom stereocenters. The second kappa shape index (κ2) is 11.5. The van der Waals surface area contributed by atoms with Crippen LogP contribution in [-0.2, 0) is 4.74 Å². The number of carbonyl (C=O) groups excluding carboxylic acids is 2. The highest BCUT2D eigenvalue weighted by Gasteiger charge is 2.46. The summed E-state index contributed by atoms with van der Waals surface area (Å²) in [4.78, 5) is 28.1. The van der Waals surface area contributed by atoms with Crippen LogP contribution >= 0.6 is 0 Å². The zero-order chi connectivity index (χ0) is 29.4. The van der Waals surface area contributed by atoms with Crippen molar-refractivity contribution in [2.75, 3.05) is 13.7 Å². The van der Waals surface area contributed by atoms with Gasteiger partial charge in [0, 0.05) is 36.1 Å². The summed E-state index contributed by atoms with van der Waals surface area (Å²) < 4.78 is 28.4. The number of aryl methyl sites for hydroxylation is 1. The van der Waals surface area contributed by atoms with Crippen molar-refractivity contribution in [3.05, 3.63) is 88.8 Å². The molecule has 2 aromatic heterocycles. The molecule has 0 radical (unpaired) electrons. The highest BCUT2D eigenvalue weighted by molar-refractivity contribution is 5.96. The molecule has 4 aromatic rings. The average Bonchev–Trinajstić information content (AvgIpc) is 3.46. The molecule has 2 aliphatic rings. The number of amides is 1. The number of ether oxygens (including phenoxy) is 1. The maximum absolute atomic E-state index is 16.1. The van der Waals surface area contributed by atoms with Crippen LogP contribution < -0.4 is 0 Å². The molecular formula is C33H35FN4O4. The summed E-state index contributed by atoms with van der Waals surface area (Å²) in [7, 11) is 1.35. The number of carbonyl (C=O) groups is 2. The number of hydrogen-bond donors (Lipinski definition) is 0. The second-order valence-electron chi connectivity index (χ2n) is 11.3. The fourth-order valence-electron chi connectivity index (χ4n) is 6.34. The number of likely N-dealkylation sites (tertiary alicyclic amines) is 1. The molecule has 1 saturated heterocycles. The topological polar surface area (TPSA) is 90.5 Å². The molecule has 6 rings (SSSR count). The van der Waals surface area contributed by atoms with Gasteiger partial charge in [-0.1, -0.05) is 42.8 Å². The van der Waals surface area contributed by atoms with Crippen LogP contribution in [0.15, 0.2) is 59.3 Å². The van der Waals surface area contributed by atoms with E-state index in [4.69, 9.17) is 9.26 Å². The normalized spacial score (nSPS) is 20.0. The van der Waals surface area contributed by atoms with E-state index in [1.807, 2.05) is 42.2 Å². The Hall–Kier alpha value is -4.27. The Morgan fingerprint density at radius 2 is 1.93 bits per heavy atom. The first-order chi connectivity index (χ1) is 20.4. The molecule has 42 heavy (non-hydrogen) atoms. The van der Waals surface area contributed by atoms with Crippen molar-refractivity contribution in [1.29, 1.82) is 0 Å². The van der Waals surface area contributed by atoms with E-state index >= 15 is 4.39 Å². The maximum Gasteiger partial charge on any atom is 0.341 e. The van der Waals surface area contributed by atoms with Gasteiger partial charge in [-0.25, -0.2) is 13.9 Å². The number of piperidine rings is 1. The lowest BCUT2D eigenvalue weighted by molar-refractivity contribution is 0.0589. The average molecular weight is 571 g/mol. The third-order valence-corrected chi connectivity index (χ3v) is 8.51. The minimum Gasteiger partial charge on any atom is -0.465 e. The molecule has 3 heterocycles. The van der Waals surface area contributed by atoms with E-state index in [1.54, 1.807) is 22.9 Å². The van der Waals surface area contributed by atoms with Crippen molar-refractivity contribution in [3.8, 4) is 16.8 Å². The third kappa shape index (κ3) is 5.12. The maximum atomic E-state index is 16.1. The fourth-order valence-corrected chi connectivity index (χ4v) is 6.34. The molecule has 1 aliphatic heterocycles. The first kappa shape index (κ1) is 27.9. The lowest BCUT2D eigenvalue weighted by atomic mass is 9.96. The summed E-state index contributed by atoms with van der Waals surface area (Å²) in [6, 6.07) is 14.4. The molecule has 1 saturated carbocycles. The van der Waals surface area contributed by atoms with Gasteiger partial charge in [0.2, 0.25) is 0 Å². The first-order valence-electron chi connectivity index (χ1n) is 14.7. The minimum atomic E-state index is -0.528. The quantitative estimate of drug-likeness (QED) is 0.216. The van der Waals surface area contributed by atoms with Crippen molar-refractivity contribution in [2.45, 2.75) is 70.3 Å². The number of rotatable bonds is 8. The Morgan fingerprint density at radius 1 is 1.10 bits per heavy atom. The minimum absolute atomic E-state index is 0.0177. The molecule has 0 N–H and O–H groups in total. The van der Waals surface area contributed by atoms with Gasteiger partial charge in [-0.3, -0.25) is 4.79 Å². The zero-order valence-electron chi connectivity index (χ0n) is 24.2. The Morgan fingerprint density at radius 3 is 2.69 bits per heavy atom. The highest BCUT2D eigenvalue weighted by Crippen LogP contribution is 2.56. The van der Waals surface area contributed by atoms with Crippen LogP contribution in [-0.4, -0.2) is 51.4 Å². The molecule has 9 heteroatoms. The lowest BCUT2D eigenvalue weighted by Gasteiger charge is -2.36. The van der Waals surface area contributed by atoms with E-state index < -0.39 is 11.8 Å². The number of aromatic nitrogens is 3. The summed E-state index contributed by atoms with van der Waals surface area (Å²) in [5.41, 5.74) is 3.62. The van der Waals surface area contributed by atoms with Gasteiger partial charge in [-0.05, 0) is 62.8 Å². The van der Waals surface area contributed by atoms with Crippen LogP contribution in [0.4, 0.5) is 4.39 Å². The van der Waals surface area contributed by atoms with Crippen LogP contribution in [0.5, 0.6) is 0 Å². The first-order valence-corrected chi connectivity index (χ1v) is 14.7. The molecule has 2 aromatic carbocycles. The summed E-state index contributed by atoms with van der Waals surface area (Å²) in [5.74, 6) is -0.422. The Kier molecular flexibility index (Phi) is 7.66. The van der Waals surface area contributed by atoms with E-state index in [9.17, 15) is 9.59 Å². The number of benzene rings is 2. The van der Waals surface area contributed by atoms with Gasteiger partial charge < -0.3 is 14.2 Å². The Labute approximate surface area is 244 Å². The molecule has 1 amide bonds. The summed E-state index contributed by atoms with van der Waals surface area (Å²) in [6.45, 7) is 4.64. The number of nitrogens with zero attached hydrogens (tertiary/aromatic N) is 4. The van der Waals surface area contributed by atoms with Crippen molar-refractivity contribution >= 4 is 11.9 Å². The molecule has 0 bridgehead atoms. The standard InChI is InChI=1S/C33H35FN4O4/c1-4-9-22-11-5-6-15-37(22)32(39)25-14-8-13-24(30(25)34)21-10-7-12-23(17-21)38-31(28(19-35-38)33(40)41-3)27-18-26(27)29-16-20(2)36-42-29/h7-8,10,12-14,16-17,19,22,26-27H,4-6,9,11,15,18H2,1-3H3/t22-,26?,27?/m1/s1. The van der Waals surface area contributed by atoms with E-state index in [0.717, 1.165) is 55.7 Å². The summed E-state index contributed by atoms with van der Waals surface area (Å²) in [6.07, 6.45) is 7.19. The predicted octanol–water partition coefficient (Wildman–Crippen LogP) is 6.83. The lowest BCUT2D eigenvalue weighted by Crippen LogP contribution is -2.44. The van der Waals surface area contributed by atoms with E-state index in [0.29, 0.717) is 28.9 Å². The zero-order valence-corrected chi connectivity index (χ0v) is 24.2. The van der Waals surface area contributed by atoms with Crippen molar-refractivity contribution in [2.24, 2.45) is 0 Å². The molecule has 8 nitrogen and oxygen atoms in total. The fraction of sp³-hybridized carbons (Fsp3) is 0.394. The Balaban J connectivity index is 1.35. The molecular weight excluding hydrogens is 535 g/mol. The number of esters is 1. The summed E-state index contributed by atoms with van der Waals surface area (Å²) in [5, 5.41) is 8.57. The van der Waals surface area contributed by atoms with Gasteiger partial charge in [0.1, 0.15) is 17.1 Å². The van der Waals surface area contributed by atoms with E-state index in [2.05, 4.69) is 17.2 Å². The van der Waals surface area contributed by atoms with Crippen LogP contribution in [0, 0.1) is 12.7 Å². The third-order valence-electron chi connectivity index (χ3n) is 8.51. The molecule has 1 aliphatic carbocycles. The van der Waals surface area contributed by atoms with Crippen molar-refractivity contribution in [1.82, 2.24) is 19.8 Å². The van der Waals surface area contributed by atoms with Crippen LogP contribution in [0.25, 0.3) is 16.8 Å². The summed E-state index contributed by atoms with van der Waals surface area (Å²) >= 11 is 0. The molecule has 2 fully saturated rings. The van der Waals surface area contributed by atoms with E-state index in [1.165, 1.54) is 13.3 Å². The van der Waals surface area contributed by atoms with Gasteiger partial charge in [0.25, 0.3) is 5.91 Å².